The van der Waals surface area contributed by atoms with Crippen molar-refractivity contribution in [2.75, 3.05) is 0 Å². The summed E-state index contributed by atoms with van der Waals surface area (Å²) in [6.45, 7) is -2.10. The van der Waals surface area contributed by atoms with Gasteiger partial charge in [-0.15, -0.1) is 0 Å². The Labute approximate surface area is 319 Å². The van der Waals surface area contributed by atoms with E-state index >= 15 is 0 Å². The zero-order chi connectivity index (χ0) is 36.5. The van der Waals surface area contributed by atoms with Crippen molar-refractivity contribution in [3.63, 3.8) is 0 Å². The summed E-state index contributed by atoms with van der Waals surface area (Å²) in [4.78, 5) is 5.16. The van der Waals surface area contributed by atoms with Gasteiger partial charge in [-0.3, -0.25) is 4.40 Å². The maximum absolute atomic E-state index is 5.16. The summed E-state index contributed by atoms with van der Waals surface area (Å²) < 4.78 is 2.35. The number of nitrogens with zero attached hydrogens (tertiary/aromatic N) is 2. The molecule has 258 valence electrons. The predicted octanol–water partition coefficient (Wildman–Crippen LogP) is 12.2. The predicted molar refractivity (Wildman–Crippen MR) is 239 cm³/mol. The molecule has 0 bridgehead atoms. The van der Waals surface area contributed by atoms with E-state index in [1.54, 1.807) is 0 Å². The van der Waals surface area contributed by atoms with Crippen LogP contribution in [0.2, 0.25) is 0 Å². The molecule has 0 fully saturated rings. The number of hydrogen-bond acceptors (Lipinski definition) is 1. The summed E-state index contributed by atoms with van der Waals surface area (Å²) in [5, 5.41) is 12.4. The minimum atomic E-state index is -2.10. The minimum absolute atomic E-state index is 0.989. The molecule has 2 aromatic heterocycles. The van der Waals surface area contributed by atoms with Crippen molar-refractivity contribution < 1.29 is 0 Å². The van der Waals surface area contributed by atoms with Gasteiger partial charge in [-0.05, 0) is 90.2 Å². The SMILES string of the molecule is C=P(c1ccccc1)(c1ccccc1)c1ccc(-c2c3ccccc3c(-c3ccc4c5ccccc5c5nc6ccccc6n5c4c3)c3ccccc23)cc1. The first-order valence-electron chi connectivity index (χ1n) is 18.8. The molecule has 0 amide bonds. The Morgan fingerprint density at radius 2 is 0.818 bits per heavy atom. The fourth-order valence-electron chi connectivity index (χ4n) is 8.91. The van der Waals surface area contributed by atoms with Gasteiger partial charge in [-0.25, -0.2) is 4.98 Å². The summed E-state index contributed by atoms with van der Waals surface area (Å²) >= 11 is 0. The number of rotatable bonds is 5. The number of hydrogen-bond donors (Lipinski definition) is 0. The fourth-order valence-corrected chi connectivity index (χ4v) is 11.8. The Kier molecular flexibility index (Phi) is 7.17. The van der Waals surface area contributed by atoms with E-state index in [1.165, 1.54) is 70.5 Å². The zero-order valence-electron chi connectivity index (χ0n) is 30.1. The number of fused-ring (bicyclic) bond motifs is 10. The van der Waals surface area contributed by atoms with Crippen molar-refractivity contribution in [1.29, 1.82) is 0 Å². The molecule has 0 aliphatic heterocycles. The Morgan fingerprint density at radius 3 is 1.42 bits per heavy atom. The lowest BCUT2D eigenvalue weighted by Gasteiger charge is -2.27. The summed E-state index contributed by atoms with van der Waals surface area (Å²) in [6.07, 6.45) is 5.00. The molecule has 0 aliphatic carbocycles. The second kappa shape index (κ2) is 12.4. The van der Waals surface area contributed by atoms with Crippen LogP contribution in [0.1, 0.15) is 0 Å². The smallest absolute Gasteiger partial charge is 0.146 e. The molecule has 9 aromatic carbocycles. The van der Waals surface area contributed by atoms with Gasteiger partial charge in [0.25, 0.3) is 0 Å². The summed E-state index contributed by atoms with van der Waals surface area (Å²) in [5.41, 5.74) is 9.15. The molecular formula is C52H35N2P. The van der Waals surface area contributed by atoms with Crippen LogP contribution in [-0.4, -0.2) is 15.7 Å². The van der Waals surface area contributed by atoms with Gasteiger partial charge in [0.15, 0.2) is 0 Å². The lowest BCUT2D eigenvalue weighted by Crippen LogP contribution is -2.25. The topological polar surface area (TPSA) is 17.3 Å². The Balaban J connectivity index is 1.15. The first-order chi connectivity index (χ1) is 27.2. The van der Waals surface area contributed by atoms with Crippen LogP contribution in [0.25, 0.3) is 82.2 Å². The van der Waals surface area contributed by atoms with Gasteiger partial charge < -0.3 is 0 Å². The number of imidazole rings is 1. The second-order valence-corrected chi connectivity index (χ2v) is 17.6. The average Bonchev–Trinajstić information content (AvgIpc) is 3.66. The van der Waals surface area contributed by atoms with E-state index in [0.29, 0.717) is 0 Å². The molecule has 11 rings (SSSR count). The third-order valence-electron chi connectivity index (χ3n) is 11.5. The van der Waals surface area contributed by atoms with Crippen LogP contribution in [0.15, 0.2) is 200 Å². The van der Waals surface area contributed by atoms with E-state index in [9.17, 15) is 0 Å². The maximum atomic E-state index is 5.16. The van der Waals surface area contributed by atoms with Gasteiger partial charge in [0.05, 0.1) is 16.6 Å². The third kappa shape index (κ3) is 4.79. The van der Waals surface area contributed by atoms with Gasteiger partial charge >= 0.3 is 0 Å². The number of para-hydroxylation sites is 2. The van der Waals surface area contributed by atoms with Crippen molar-refractivity contribution in [2.24, 2.45) is 0 Å². The molecule has 0 spiro atoms. The van der Waals surface area contributed by atoms with Crippen LogP contribution in [0.3, 0.4) is 0 Å². The summed E-state index contributed by atoms with van der Waals surface area (Å²) in [5.74, 6) is 0. The molecule has 2 heterocycles. The van der Waals surface area contributed by atoms with Crippen molar-refractivity contribution >= 4 is 89.0 Å². The molecule has 0 saturated carbocycles. The van der Waals surface area contributed by atoms with Crippen LogP contribution in [0.5, 0.6) is 0 Å². The van der Waals surface area contributed by atoms with E-state index in [4.69, 9.17) is 11.3 Å². The third-order valence-corrected chi connectivity index (χ3v) is 15.0. The molecule has 0 saturated heterocycles. The summed E-state index contributed by atoms with van der Waals surface area (Å²) in [7, 11) is 0. The van der Waals surface area contributed by atoms with Crippen molar-refractivity contribution in [2.45, 2.75) is 0 Å². The van der Waals surface area contributed by atoms with Gasteiger partial charge in [-0.2, -0.15) is 0 Å². The molecule has 55 heavy (non-hydrogen) atoms. The van der Waals surface area contributed by atoms with E-state index in [1.807, 2.05) is 0 Å². The van der Waals surface area contributed by atoms with Crippen molar-refractivity contribution in [1.82, 2.24) is 9.38 Å². The number of pyridine rings is 1. The standard InChI is InChI=1S/C52H35N2P/c1-55(37-16-4-2-5-17-37,38-18-6-3-7-19-38)39-31-28-35(29-32-39)50-42-21-9-11-23-44(42)51(45-24-12-10-22-43(45)50)36-30-33-41-40-20-8-13-25-46(40)52-53-47-26-14-15-27-48(47)54(52)49(41)34-36/h2-34H,1H2. The molecule has 0 aliphatic rings. The normalized spacial score (nSPS) is 12.1. The molecule has 0 atom stereocenters. The van der Waals surface area contributed by atoms with Crippen LogP contribution in [0, 0.1) is 0 Å². The van der Waals surface area contributed by atoms with E-state index in [2.05, 4.69) is 205 Å². The van der Waals surface area contributed by atoms with Gasteiger partial charge in [0, 0.05) is 10.8 Å². The Bertz CT molecular complexity index is 3230. The van der Waals surface area contributed by atoms with Crippen LogP contribution in [-0.2, 0) is 0 Å². The largest absolute Gasteiger partial charge is 0.292 e. The first-order valence-corrected chi connectivity index (χ1v) is 20.8. The fraction of sp³-hybridized carbons (Fsp3) is 0. The lowest BCUT2D eigenvalue weighted by molar-refractivity contribution is 1.32. The van der Waals surface area contributed by atoms with E-state index in [0.717, 1.165) is 27.6 Å². The minimum Gasteiger partial charge on any atom is -0.292 e. The first kappa shape index (κ1) is 31.8. The van der Waals surface area contributed by atoms with Gasteiger partial charge in [0.2, 0.25) is 0 Å². The highest BCUT2D eigenvalue weighted by atomic mass is 31.2. The van der Waals surface area contributed by atoms with Crippen LogP contribution in [0.4, 0.5) is 0 Å². The Morgan fingerprint density at radius 1 is 0.364 bits per heavy atom. The maximum Gasteiger partial charge on any atom is 0.146 e. The van der Waals surface area contributed by atoms with Gasteiger partial charge in [0.1, 0.15) is 5.65 Å². The molecule has 11 aromatic rings. The molecule has 0 unspecified atom stereocenters. The van der Waals surface area contributed by atoms with Crippen LogP contribution >= 0.6 is 6.89 Å². The number of benzene rings is 9. The second-order valence-electron chi connectivity index (χ2n) is 14.4. The monoisotopic (exact) mass is 718 g/mol. The van der Waals surface area contributed by atoms with Crippen molar-refractivity contribution in [3.8, 4) is 22.3 Å². The van der Waals surface area contributed by atoms with E-state index < -0.39 is 6.89 Å². The number of aromatic nitrogens is 2. The molecule has 0 radical (unpaired) electrons. The Hall–Kier alpha value is -6.73. The molecule has 0 N–H and O–H groups in total. The molecule has 3 heteroatoms. The van der Waals surface area contributed by atoms with E-state index in [-0.39, 0.29) is 0 Å². The molecular weight excluding hydrogens is 684 g/mol. The highest BCUT2D eigenvalue weighted by Gasteiger charge is 2.23. The highest BCUT2D eigenvalue weighted by molar-refractivity contribution is 7.93. The molecule has 2 nitrogen and oxygen atoms in total. The quantitative estimate of drug-likeness (QED) is 0.0984. The summed E-state index contributed by atoms with van der Waals surface area (Å²) in [6, 6.07) is 72.9. The lowest BCUT2D eigenvalue weighted by atomic mass is 9.85. The van der Waals surface area contributed by atoms with Gasteiger partial charge in [-0.1, -0.05) is 188 Å². The van der Waals surface area contributed by atoms with Crippen molar-refractivity contribution in [3.05, 3.63) is 200 Å². The zero-order valence-corrected chi connectivity index (χ0v) is 31.0. The van der Waals surface area contributed by atoms with Crippen LogP contribution < -0.4 is 15.9 Å². The average molecular weight is 719 g/mol. The highest BCUT2D eigenvalue weighted by Crippen LogP contribution is 2.46.